The first-order valence-electron chi connectivity index (χ1n) is 6.09. The molecule has 1 aliphatic rings. The summed E-state index contributed by atoms with van der Waals surface area (Å²) in [7, 11) is 0. The molecule has 0 atom stereocenters. The minimum atomic E-state index is 0.178. The molecular weight excluding hydrogens is 230 g/mol. The Bertz CT molecular complexity index is 530. The average molecular weight is 245 g/mol. The molecule has 2 aromatic heterocycles. The highest BCUT2D eigenvalue weighted by molar-refractivity contribution is 5.76. The third kappa shape index (κ3) is 2.13. The van der Waals surface area contributed by atoms with Gasteiger partial charge in [0, 0.05) is 56.1 Å². The van der Waals surface area contributed by atoms with Gasteiger partial charge in [-0.2, -0.15) is 10.2 Å². The van der Waals surface area contributed by atoms with E-state index in [2.05, 4.69) is 15.3 Å². The van der Waals surface area contributed by atoms with E-state index in [1.54, 1.807) is 10.9 Å². The predicted octanol–water partition coefficient (Wildman–Crippen LogP) is 0.581. The highest BCUT2D eigenvalue weighted by Crippen LogP contribution is 2.16. The minimum absolute atomic E-state index is 0.178. The predicted molar refractivity (Wildman–Crippen MR) is 64.6 cm³/mol. The molecule has 0 radical (unpaired) electrons. The molecule has 18 heavy (non-hydrogen) atoms. The van der Waals surface area contributed by atoms with Gasteiger partial charge in [-0.1, -0.05) is 0 Å². The van der Waals surface area contributed by atoms with Gasteiger partial charge in [-0.25, -0.2) is 0 Å². The number of nitrogens with one attached hydrogen (secondary N) is 1. The van der Waals surface area contributed by atoms with Gasteiger partial charge in [0.2, 0.25) is 5.91 Å². The van der Waals surface area contributed by atoms with Crippen molar-refractivity contribution in [3.8, 4) is 0 Å². The van der Waals surface area contributed by atoms with Gasteiger partial charge in [0.05, 0.1) is 6.20 Å². The fourth-order valence-electron chi connectivity index (χ4n) is 2.24. The van der Waals surface area contributed by atoms with Crippen LogP contribution < -0.4 is 0 Å². The first-order chi connectivity index (χ1) is 8.83. The van der Waals surface area contributed by atoms with Gasteiger partial charge in [-0.05, 0) is 6.07 Å². The summed E-state index contributed by atoms with van der Waals surface area (Å²) in [6, 6.07) is 1.86. The van der Waals surface area contributed by atoms with Gasteiger partial charge in [0.1, 0.15) is 0 Å². The summed E-state index contributed by atoms with van der Waals surface area (Å²) in [6.07, 6.45) is 6.76. The lowest BCUT2D eigenvalue weighted by atomic mass is 10.1. The first-order valence-corrected chi connectivity index (χ1v) is 6.09. The molecule has 0 unspecified atom stereocenters. The summed E-state index contributed by atoms with van der Waals surface area (Å²) in [5, 5.41) is 11.1. The zero-order chi connectivity index (χ0) is 12.4. The number of aryl methyl sites for hydroxylation is 1. The summed E-state index contributed by atoms with van der Waals surface area (Å²) in [5.41, 5.74) is 2.29. The largest absolute Gasteiger partial charge is 0.338 e. The molecule has 1 N–H and O–H groups in total. The number of aromatic nitrogens is 4. The third-order valence-electron chi connectivity index (χ3n) is 3.27. The molecule has 1 aliphatic heterocycles. The molecule has 0 aromatic carbocycles. The Hall–Kier alpha value is -2.11. The van der Waals surface area contributed by atoms with Crippen LogP contribution in [0.15, 0.2) is 24.7 Å². The molecule has 6 heteroatoms. The minimum Gasteiger partial charge on any atom is -0.338 e. The molecule has 3 heterocycles. The molecule has 1 amide bonds. The average Bonchev–Trinajstić information content (AvgIpc) is 3.05. The van der Waals surface area contributed by atoms with Crippen molar-refractivity contribution in [3.63, 3.8) is 0 Å². The quantitative estimate of drug-likeness (QED) is 0.860. The summed E-state index contributed by atoms with van der Waals surface area (Å²) in [4.78, 5) is 14.0. The lowest BCUT2D eigenvalue weighted by Crippen LogP contribution is -2.36. The summed E-state index contributed by atoms with van der Waals surface area (Å²) < 4.78 is 1.78. The van der Waals surface area contributed by atoms with E-state index in [9.17, 15) is 4.79 Å². The van der Waals surface area contributed by atoms with Gasteiger partial charge in [-0.3, -0.25) is 14.6 Å². The third-order valence-corrected chi connectivity index (χ3v) is 3.27. The lowest BCUT2D eigenvalue weighted by molar-refractivity contribution is -0.132. The number of fused-ring (bicyclic) bond motifs is 1. The number of rotatable bonds is 3. The lowest BCUT2D eigenvalue weighted by Gasteiger charge is -2.26. The Morgan fingerprint density at radius 3 is 3.28 bits per heavy atom. The van der Waals surface area contributed by atoms with Crippen LogP contribution in [0, 0.1) is 0 Å². The maximum atomic E-state index is 12.1. The van der Waals surface area contributed by atoms with E-state index in [-0.39, 0.29) is 5.91 Å². The summed E-state index contributed by atoms with van der Waals surface area (Å²) >= 11 is 0. The summed E-state index contributed by atoms with van der Waals surface area (Å²) in [6.45, 7) is 2.08. The SMILES string of the molecule is O=C(CCn1cccn1)N1CCc2[nH]ncc2C1. The van der Waals surface area contributed by atoms with Gasteiger partial charge in [0.25, 0.3) is 0 Å². The molecule has 3 rings (SSSR count). The van der Waals surface area contributed by atoms with E-state index in [0.29, 0.717) is 19.5 Å². The fourth-order valence-corrected chi connectivity index (χ4v) is 2.24. The number of carbonyl (C=O) groups excluding carboxylic acids is 1. The van der Waals surface area contributed by atoms with Gasteiger partial charge in [0.15, 0.2) is 0 Å². The van der Waals surface area contributed by atoms with Crippen LogP contribution in [0.1, 0.15) is 17.7 Å². The second-order valence-corrected chi connectivity index (χ2v) is 4.46. The molecule has 6 nitrogen and oxygen atoms in total. The number of aromatic amines is 1. The van der Waals surface area contributed by atoms with Crippen molar-refractivity contribution in [1.82, 2.24) is 24.9 Å². The van der Waals surface area contributed by atoms with E-state index < -0.39 is 0 Å². The second kappa shape index (κ2) is 4.64. The van der Waals surface area contributed by atoms with Crippen molar-refractivity contribution >= 4 is 5.91 Å². The molecule has 0 aliphatic carbocycles. The zero-order valence-electron chi connectivity index (χ0n) is 10.0. The molecule has 0 saturated heterocycles. The van der Waals surface area contributed by atoms with Crippen molar-refractivity contribution in [2.75, 3.05) is 6.54 Å². The van der Waals surface area contributed by atoms with Gasteiger partial charge >= 0.3 is 0 Å². The van der Waals surface area contributed by atoms with Crippen LogP contribution in [0.25, 0.3) is 0 Å². The maximum absolute atomic E-state index is 12.1. The molecule has 0 fully saturated rings. The Morgan fingerprint density at radius 1 is 1.50 bits per heavy atom. The highest BCUT2D eigenvalue weighted by Gasteiger charge is 2.21. The van der Waals surface area contributed by atoms with Crippen molar-refractivity contribution in [1.29, 1.82) is 0 Å². The number of amides is 1. The van der Waals surface area contributed by atoms with Crippen LogP contribution in [-0.2, 0) is 24.3 Å². The van der Waals surface area contributed by atoms with Crippen LogP contribution in [-0.4, -0.2) is 37.3 Å². The Kier molecular flexibility index (Phi) is 2.84. The monoisotopic (exact) mass is 245 g/mol. The highest BCUT2D eigenvalue weighted by atomic mass is 16.2. The number of H-pyrrole nitrogens is 1. The molecule has 94 valence electrons. The van der Waals surface area contributed by atoms with Crippen LogP contribution in [0.5, 0.6) is 0 Å². The molecular formula is C12H15N5O. The number of hydrogen-bond donors (Lipinski definition) is 1. The van der Waals surface area contributed by atoms with Crippen molar-refractivity contribution < 1.29 is 4.79 Å². The van der Waals surface area contributed by atoms with E-state index >= 15 is 0 Å². The number of hydrogen-bond acceptors (Lipinski definition) is 3. The molecule has 0 saturated carbocycles. The van der Waals surface area contributed by atoms with E-state index in [1.165, 1.54) is 0 Å². The van der Waals surface area contributed by atoms with E-state index in [4.69, 9.17) is 0 Å². The first kappa shape index (κ1) is 11.0. The summed E-state index contributed by atoms with van der Waals surface area (Å²) in [5.74, 6) is 0.178. The standard InChI is InChI=1S/C12H15N5O/c18-12(3-7-17-5-1-4-14-17)16-6-2-11-10(9-16)8-13-15-11/h1,4-5,8H,2-3,6-7,9H2,(H,13,15). The normalized spacial score (nSPS) is 14.6. The number of carbonyl (C=O) groups is 1. The van der Waals surface area contributed by atoms with Crippen LogP contribution >= 0.6 is 0 Å². The van der Waals surface area contributed by atoms with E-state index in [1.807, 2.05) is 23.4 Å². The van der Waals surface area contributed by atoms with Crippen molar-refractivity contribution in [2.45, 2.75) is 25.9 Å². The maximum Gasteiger partial charge on any atom is 0.224 e. The smallest absolute Gasteiger partial charge is 0.224 e. The fraction of sp³-hybridized carbons (Fsp3) is 0.417. The topological polar surface area (TPSA) is 66.8 Å². The second-order valence-electron chi connectivity index (χ2n) is 4.46. The van der Waals surface area contributed by atoms with Gasteiger partial charge in [-0.15, -0.1) is 0 Å². The Balaban J connectivity index is 1.57. The van der Waals surface area contributed by atoms with Crippen LogP contribution in [0.4, 0.5) is 0 Å². The van der Waals surface area contributed by atoms with Crippen LogP contribution in [0.2, 0.25) is 0 Å². The van der Waals surface area contributed by atoms with Crippen molar-refractivity contribution in [3.05, 3.63) is 35.9 Å². The Labute approximate surface area is 105 Å². The molecule has 0 bridgehead atoms. The van der Waals surface area contributed by atoms with Crippen molar-refractivity contribution in [2.24, 2.45) is 0 Å². The van der Waals surface area contributed by atoms with Crippen LogP contribution in [0.3, 0.4) is 0 Å². The van der Waals surface area contributed by atoms with E-state index in [0.717, 1.165) is 24.2 Å². The number of nitrogens with zero attached hydrogens (tertiary/aromatic N) is 4. The zero-order valence-corrected chi connectivity index (χ0v) is 10.0. The molecule has 2 aromatic rings. The van der Waals surface area contributed by atoms with Gasteiger partial charge < -0.3 is 4.90 Å². The molecule has 0 spiro atoms. The Morgan fingerprint density at radius 2 is 2.44 bits per heavy atom.